The Morgan fingerprint density at radius 3 is 1.72 bits per heavy atom. The van der Waals surface area contributed by atoms with Crippen molar-refractivity contribution in [2.75, 3.05) is 0 Å². The van der Waals surface area contributed by atoms with Crippen LogP contribution in [-0.4, -0.2) is 0 Å². The van der Waals surface area contributed by atoms with Gasteiger partial charge in [0.15, 0.2) is 0 Å². The van der Waals surface area contributed by atoms with Crippen molar-refractivity contribution in [2.24, 2.45) is 5.92 Å². The second-order valence-corrected chi connectivity index (χ2v) is 5.46. The van der Waals surface area contributed by atoms with Crippen LogP contribution < -0.4 is 0 Å². The molecule has 0 aliphatic heterocycles. The van der Waals surface area contributed by atoms with Gasteiger partial charge in [-0.15, -0.1) is 0 Å². The van der Waals surface area contributed by atoms with Crippen LogP contribution in [0.4, 0.5) is 0 Å². The predicted molar refractivity (Wildman–Crippen MR) is 74.9 cm³/mol. The van der Waals surface area contributed by atoms with Crippen LogP contribution >= 0.6 is 0 Å². The van der Waals surface area contributed by atoms with Crippen molar-refractivity contribution in [3.63, 3.8) is 0 Å². The van der Waals surface area contributed by atoms with Gasteiger partial charge in [-0.25, -0.2) is 0 Å². The highest BCUT2D eigenvalue weighted by atomic mass is 14.4. The molecule has 0 amide bonds. The highest BCUT2D eigenvalue weighted by Gasteiger charge is 2.35. The lowest BCUT2D eigenvalue weighted by Crippen LogP contribution is -2.18. The van der Waals surface area contributed by atoms with Crippen LogP contribution in [0.15, 0.2) is 60.7 Å². The predicted octanol–water partition coefficient (Wildman–Crippen LogP) is 4.47. The third-order valence-electron chi connectivity index (χ3n) is 4.47. The Morgan fingerprint density at radius 1 is 0.667 bits per heavy atom. The lowest BCUT2D eigenvalue weighted by molar-refractivity contribution is 0.615. The Morgan fingerprint density at radius 2 is 1.17 bits per heavy atom. The first-order valence-corrected chi connectivity index (χ1v) is 6.72. The smallest absolute Gasteiger partial charge is 0.0275 e. The lowest BCUT2D eigenvalue weighted by Gasteiger charge is -2.32. The van der Waals surface area contributed by atoms with Crippen LogP contribution in [0.1, 0.15) is 41.0 Å². The standard InChI is InChI=1S/C18H16/c1-12-10-11-15-13-6-2-4-8-16(13)18(12)17-9-5-3-7-14(15)17/h2-12,15,18H,1H3. The third kappa shape index (κ3) is 1.21. The maximum Gasteiger partial charge on any atom is 0.0275 e. The SMILES string of the molecule is CC1C=CC2c3ccccc3C1c1ccccc12. The minimum absolute atomic E-state index is 0.457. The molecule has 2 bridgehead atoms. The topological polar surface area (TPSA) is 0 Å². The minimum Gasteiger partial charge on any atom is -0.0838 e. The van der Waals surface area contributed by atoms with E-state index in [1.807, 2.05) is 0 Å². The molecule has 0 spiro atoms. The summed E-state index contributed by atoms with van der Waals surface area (Å²) in [6, 6.07) is 17.9. The molecule has 0 saturated carbocycles. The van der Waals surface area contributed by atoms with E-state index in [0.29, 0.717) is 17.8 Å². The molecular weight excluding hydrogens is 216 g/mol. The molecule has 3 aliphatic carbocycles. The third-order valence-corrected chi connectivity index (χ3v) is 4.47. The van der Waals surface area contributed by atoms with Gasteiger partial charge in [0.1, 0.15) is 0 Å². The van der Waals surface area contributed by atoms with Gasteiger partial charge in [-0.1, -0.05) is 67.6 Å². The summed E-state index contributed by atoms with van der Waals surface area (Å²) < 4.78 is 0. The fraction of sp³-hybridized carbons (Fsp3) is 0.222. The monoisotopic (exact) mass is 232 g/mol. The first-order valence-electron chi connectivity index (χ1n) is 6.72. The molecule has 3 aliphatic rings. The van der Waals surface area contributed by atoms with Gasteiger partial charge in [-0.05, 0) is 28.2 Å². The summed E-state index contributed by atoms with van der Waals surface area (Å²) >= 11 is 0. The summed E-state index contributed by atoms with van der Waals surface area (Å²) in [5, 5.41) is 0. The van der Waals surface area contributed by atoms with Gasteiger partial charge < -0.3 is 0 Å². The Hall–Kier alpha value is -1.82. The maximum absolute atomic E-state index is 2.40. The van der Waals surface area contributed by atoms with Crippen molar-refractivity contribution in [3.05, 3.63) is 82.9 Å². The molecule has 2 aromatic carbocycles. The average molecular weight is 232 g/mol. The summed E-state index contributed by atoms with van der Waals surface area (Å²) in [4.78, 5) is 0. The fourth-order valence-corrected chi connectivity index (χ4v) is 3.66. The van der Waals surface area contributed by atoms with Crippen LogP contribution in [0, 0.1) is 5.92 Å². The Labute approximate surface area is 108 Å². The van der Waals surface area contributed by atoms with E-state index in [0.717, 1.165) is 0 Å². The van der Waals surface area contributed by atoms with Gasteiger partial charge in [0.05, 0.1) is 0 Å². The van der Waals surface area contributed by atoms with Crippen LogP contribution in [-0.2, 0) is 0 Å². The quantitative estimate of drug-likeness (QED) is 0.588. The van der Waals surface area contributed by atoms with Gasteiger partial charge in [0.25, 0.3) is 0 Å². The fourth-order valence-electron chi connectivity index (χ4n) is 3.66. The Kier molecular flexibility index (Phi) is 2.02. The highest BCUT2D eigenvalue weighted by Crippen LogP contribution is 2.49. The van der Waals surface area contributed by atoms with E-state index >= 15 is 0 Å². The zero-order chi connectivity index (χ0) is 12.1. The first kappa shape index (κ1) is 10.1. The molecule has 88 valence electrons. The van der Waals surface area contributed by atoms with E-state index in [1.54, 1.807) is 0 Å². The van der Waals surface area contributed by atoms with Crippen LogP contribution in [0.2, 0.25) is 0 Å². The van der Waals surface area contributed by atoms with Crippen molar-refractivity contribution in [2.45, 2.75) is 18.8 Å². The van der Waals surface area contributed by atoms with Crippen molar-refractivity contribution in [1.29, 1.82) is 0 Å². The van der Waals surface area contributed by atoms with Crippen molar-refractivity contribution >= 4 is 0 Å². The van der Waals surface area contributed by atoms with Crippen molar-refractivity contribution in [3.8, 4) is 0 Å². The van der Waals surface area contributed by atoms with Crippen LogP contribution in [0.5, 0.6) is 0 Å². The zero-order valence-electron chi connectivity index (χ0n) is 10.5. The molecular formula is C18H16. The molecule has 1 unspecified atom stereocenters. The molecule has 0 N–H and O–H groups in total. The summed E-state index contributed by atoms with van der Waals surface area (Å²) in [7, 11) is 0. The van der Waals surface area contributed by atoms with Gasteiger partial charge in [-0.2, -0.15) is 0 Å². The van der Waals surface area contributed by atoms with E-state index in [1.165, 1.54) is 22.3 Å². The number of benzene rings is 2. The minimum atomic E-state index is 0.457. The van der Waals surface area contributed by atoms with E-state index in [4.69, 9.17) is 0 Å². The van der Waals surface area contributed by atoms with E-state index in [-0.39, 0.29) is 0 Å². The van der Waals surface area contributed by atoms with Gasteiger partial charge in [0, 0.05) is 11.8 Å². The number of allylic oxidation sites excluding steroid dienone is 2. The van der Waals surface area contributed by atoms with Gasteiger partial charge >= 0.3 is 0 Å². The first-order chi connectivity index (χ1) is 8.86. The number of rotatable bonds is 0. The molecule has 2 aromatic rings. The average Bonchev–Trinajstić information content (AvgIpc) is 2.65. The number of hydrogen-bond donors (Lipinski definition) is 0. The van der Waals surface area contributed by atoms with E-state index in [9.17, 15) is 0 Å². The molecule has 0 radical (unpaired) electrons. The molecule has 0 fully saturated rings. The molecule has 0 heterocycles. The molecule has 0 saturated heterocycles. The maximum atomic E-state index is 2.40. The Balaban J connectivity index is 2.08. The molecule has 5 rings (SSSR count). The second-order valence-electron chi connectivity index (χ2n) is 5.46. The number of fused-ring (bicyclic) bond motifs is 1. The van der Waals surface area contributed by atoms with Crippen LogP contribution in [0.3, 0.4) is 0 Å². The van der Waals surface area contributed by atoms with Crippen molar-refractivity contribution < 1.29 is 0 Å². The highest BCUT2D eigenvalue weighted by molar-refractivity contribution is 5.57. The lowest BCUT2D eigenvalue weighted by atomic mass is 9.71. The molecule has 0 nitrogen and oxygen atoms in total. The molecule has 0 aromatic heterocycles. The van der Waals surface area contributed by atoms with Crippen molar-refractivity contribution in [1.82, 2.24) is 0 Å². The summed E-state index contributed by atoms with van der Waals surface area (Å²) in [5.41, 5.74) is 6.06. The van der Waals surface area contributed by atoms with E-state index < -0.39 is 0 Å². The van der Waals surface area contributed by atoms with Gasteiger partial charge in [0.2, 0.25) is 0 Å². The summed E-state index contributed by atoms with van der Waals surface area (Å²) in [6.07, 6.45) is 4.80. The normalized spacial score (nSPS) is 27.5. The Bertz CT molecular complexity index is 588. The second kappa shape index (κ2) is 3.58. The van der Waals surface area contributed by atoms with E-state index in [2.05, 4.69) is 67.6 Å². The van der Waals surface area contributed by atoms with Crippen LogP contribution in [0.25, 0.3) is 0 Å². The number of hydrogen-bond acceptors (Lipinski definition) is 0. The summed E-state index contributed by atoms with van der Waals surface area (Å²) in [6.45, 7) is 2.34. The molecule has 0 heteroatoms. The largest absolute Gasteiger partial charge is 0.0838 e. The van der Waals surface area contributed by atoms with Gasteiger partial charge in [-0.3, -0.25) is 0 Å². The molecule has 1 atom stereocenters. The zero-order valence-corrected chi connectivity index (χ0v) is 10.5. The molecule has 18 heavy (non-hydrogen) atoms. The summed E-state index contributed by atoms with van der Waals surface area (Å²) in [5.74, 6) is 1.57.